The zero-order valence-corrected chi connectivity index (χ0v) is 12.0. The molecule has 4 nitrogen and oxygen atoms in total. The summed E-state index contributed by atoms with van der Waals surface area (Å²) in [5, 5.41) is 12.4. The largest absolute Gasteiger partial charge is 0.493 e. The number of para-hydroxylation sites is 1. The highest BCUT2D eigenvalue weighted by molar-refractivity contribution is 6.02. The van der Waals surface area contributed by atoms with Crippen LogP contribution in [0.4, 0.5) is 0 Å². The van der Waals surface area contributed by atoms with Crippen LogP contribution in [0.15, 0.2) is 29.4 Å². The van der Waals surface area contributed by atoms with Crippen LogP contribution >= 0.6 is 0 Å². The number of hydrogen-bond acceptors (Lipinski definition) is 4. The lowest BCUT2D eigenvalue weighted by molar-refractivity contribution is 0.0981. The maximum Gasteiger partial charge on any atom is 0.128 e. The van der Waals surface area contributed by atoms with Crippen LogP contribution in [0, 0.1) is 0 Å². The molecule has 0 radical (unpaired) electrons. The van der Waals surface area contributed by atoms with Gasteiger partial charge in [0.05, 0.1) is 18.4 Å². The van der Waals surface area contributed by atoms with E-state index in [-0.39, 0.29) is 0 Å². The Kier molecular flexibility index (Phi) is 5.87. The van der Waals surface area contributed by atoms with Gasteiger partial charge in [0.15, 0.2) is 0 Å². The van der Waals surface area contributed by atoms with Crippen molar-refractivity contribution in [1.29, 1.82) is 0 Å². The van der Waals surface area contributed by atoms with Gasteiger partial charge in [0.25, 0.3) is 0 Å². The van der Waals surface area contributed by atoms with Gasteiger partial charge in [-0.3, -0.25) is 0 Å². The van der Waals surface area contributed by atoms with Crippen LogP contribution in [0.2, 0.25) is 0 Å². The van der Waals surface area contributed by atoms with E-state index in [0.29, 0.717) is 24.8 Å². The van der Waals surface area contributed by atoms with Gasteiger partial charge in [-0.1, -0.05) is 24.2 Å². The van der Waals surface area contributed by atoms with Crippen molar-refractivity contribution in [3.8, 4) is 5.75 Å². The summed E-state index contributed by atoms with van der Waals surface area (Å²) in [5.41, 5.74) is 1.52. The summed E-state index contributed by atoms with van der Waals surface area (Å²) < 4.78 is 11.4. The lowest BCUT2D eigenvalue weighted by Crippen LogP contribution is -2.09. The summed E-state index contributed by atoms with van der Waals surface area (Å²) in [4.78, 5) is 0. The molecule has 1 saturated heterocycles. The molecule has 0 aromatic heterocycles. The Bertz CT molecular complexity index is 439. The van der Waals surface area contributed by atoms with Crippen molar-refractivity contribution in [2.24, 2.45) is 5.16 Å². The van der Waals surface area contributed by atoms with Crippen molar-refractivity contribution in [2.75, 3.05) is 13.2 Å². The highest BCUT2D eigenvalue weighted by atomic mass is 16.5. The molecule has 1 heterocycles. The average Bonchev–Trinajstić information content (AvgIpc) is 2.99. The van der Waals surface area contributed by atoms with Crippen LogP contribution in [0.1, 0.15) is 44.6 Å². The van der Waals surface area contributed by atoms with Gasteiger partial charge >= 0.3 is 0 Å². The van der Waals surface area contributed by atoms with E-state index in [1.54, 1.807) is 0 Å². The Morgan fingerprint density at radius 1 is 1.45 bits per heavy atom. The molecule has 110 valence electrons. The topological polar surface area (TPSA) is 51.1 Å². The summed E-state index contributed by atoms with van der Waals surface area (Å²) in [7, 11) is 0. The number of hydrogen-bond donors (Lipinski definition) is 1. The first-order valence-electron chi connectivity index (χ1n) is 7.40. The third kappa shape index (κ3) is 3.97. The zero-order valence-electron chi connectivity index (χ0n) is 12.0. The van der Waals surface area contributed by atoms with Gasteiger partial charge in [-0.2, -0.15) is 0 Å². The molecule has 0 aliphatic carbocycles. The SMILES string of the molecule is CCC(=NO)c1ccccc1OCCCC1CCCO1. The molecule has 1 aromatic rings. The molecular formula is C16H23NO3. The smallest absolute Gasteiger partial charge is 0.128 e. The Balaban J connectivity index is 1.85. The lowest BCUT2D eigenvalue weighted by atomic mass is 10.1. The number of oxime groups is 1. The van der Waals surface area contributed by atoms with Crippen LogP contribution < -0.4 is 4.74 Å². The first kappa shape index (κ1) is 14.9. The van der Waals surface area contributed by atoms with Crippen molar-refractivity contribution >= 4 is 5.71 Å². The minimum absolute atomic E-state index is 0.416. The summed E-state index contributed by atoms with van der Waals surface area (Å²) in [5.74, 6) is 0.787. The van der Waals surface area contributed by atoms with E-state index in [1.165, 1.54) is 12.8 Å². The van der Waals surface area contributed by atoms with E-state index in [0.717, 1.165) is 30.8 Å². The second-order valence-electron chi connectivity index (χ2n) is 5.02. The summed E-state index contributed by atoms with van der Waals surface area (Å²) >= 11 is 0. The minimum atomic E-state index is 0.416. The molecule has 1 atom stereocenters. The molecule has 2 rings (SSSR count). The molecule has 0 bridgehead atoms. The van der Waals surface area contributed by atoms with Gasteiger partial charge in [-0.25, -0.2) is 0 Å². The Morgan fingerprint density at radius 2 is 2.30 bits per heavy atom. The zero-order chi connectivity index (χ0) is 14.2. The molecule has 0 spiro atoms. The van der Waals surface area contributed by atoms with E-state index < -0.39 is 0 Å². The molecule has 20 heavy (non-hydrogen) atoms. The molecule has 1 aromatic carbocycles. The third-order valence-electron chi connectivity index (χ3n) is 3.61. The van der Waals surface area contributed by atoms with E-state index in [4.69, 9.17) is 14.7 Å². The number of nitrogens with zero attached hydrogens (tertiary/aromatic N) is 1. The predicted molar refractivity (Wildman–Crippen MR) is 78.8 cm³/mol. The summed E-state index contributed by atoms with van der Waals surface area (Å²) in [6.45, 7) is 3.53. The Labute approximate surface area is 120 Å². The molecule has 0 saturated carbocycles. The molecule has 1 N–H and O–H groups in total. The lowest BCUT2D eigenvalue weighted by Gasteiger charge is -2.13. The fourth-order valence-corrected chi connectivity index (χ4v) is 2.51. The van der Waals surface area contributed by atoms with Gasteiger partial charge in [0.1, 0.15) is 5.75 Å². The van der Waals surface area contributed by atoms with Crippen LogP contribution in [0.25, 0.3) is 0 Å². The van der Waals surface area contributed by atoms with Gasteiger partial charge < -0.3 is 14.7 Å². The van der Waals surface area contributed by atoms with Crippen LogP contribution in [-0.4, -0.2) is 30.2 Å². The molecule has 1 fully saturated rings. The van der Waals surface area contributed by atoms with Gasteiger partial charge in [-0.05, 0) is 44.2 Å². The normalized spacial score (nSPS) is 19.2. The van der Waals surface area contributed by atoms with E-state index >= 15 is 0 Å². The number of rotatable bonds is 7. The Hall–Kier alpha value is -1.55. The maximum atomic E-state index is 9.03. The summed E-state index contributed by atoms with van der Waals surface area (Å²) in [6.07, 6.45) is 5.48. The average molecular weight is 277 g/mol. The standard InChI is InChI=1S/C16H23NO3/c1-2-15(17-18)14-9-3-4-10-16(14)20-12-6-8-13-7-5-11-19-13/h3-4,9-10,13,18H,2,5-8,11-12H2,1H3. The van der Waals surface area contributed by atoms with Crippen LogP contribution in [0.3, 0.4) is 0 Å². The van der Waals surface area contributed by atoms with Crippen molar-refractivity contribution < 1.29 is 14.7 Å². The van der Waals surface area contributed by atoms with Crippen molar-refractivity contribution in [2.45, 2.75) is 45.1 Å². The van der Waals surface area contributed by atoms with Crippen LogP contribution in [-0.2, 0) is 4.74 Å². The molecular weight excluding hydrogens is 254 g/mol. The van der Waals surface area contributed by atoms with E-state index in [9.17, 15) is 0 Å². The second-order valence-corrected chi connectivity index (χ2v) is 5.02. The molecule has 1 unspecified atom stereocenters. The first-order valence-corrected chi connectivity index (χ1v) is 7.40. The van der Waals surface area contributed by atoms with Gasteiger partial charge in [-0.15, -0.1) is 0 Å². The molecule has 0 amide bonds. The van der Waals surface area contributed by atoms with Crippen molar-refractivity contribution in [1.82, 2.24) is 0 Å². The Morgan fingerprint density at radius 3 is 3.00 bits per heavy atom. The number of benzene rings is 1. The fourth-order valence-electron chi connectivity index (χ4n) is 2.51. The van der Waals surface area contributed by atoms with Gasteiger partial charge in [0, 0.05) is 12.2 Å². The maximum absolute atomic E-state index is 9.03. The van der Waals surface area contributed by atoms with E-state index in [1.807, 2.05) is 31.2 Å². The van der Waals surface area contributed by atoms with Crippen LogP contribution in [0.5, 0.6) is 5.75 Å². The monoisotopic (exact) mass is 277 g/mol. The molecule has 1 aliphatic heterocycles. The number of ether oxygens (including phenoxy) is 2. The second kappa shape index (κ2) is 7.90. The highest BCUT2D eigenvalue weighted by Gasteiger charge is 2.15. The molecule has 4 heteroatoms. The molecule has 1 aliphatic rings. The van der Waals surface area contributed by atoms with E-state index in [2.05, 4.69) is 5.16 Å². The minimum Gasteiger partial charge on any atom is -0.493 e. The summed E-state index contributed by atoms with van der Waals surface area (Å²) in [6, 6.07) is 7.70. The predicted octanol–water partition coefficient (Wildman–Crippen LogP) is 3.61. The quantitative estimate of drug-likeness (QED) is 0.358. The third-order valence-corrected chi connectivity index (χ3v) is 3.61. The fraction of sp³-hybridized carbons (Fsp3) is 0.562. The van der Waals surface area contributed by atoms with Gasteiger partial charge in [0.2, 0.25) is 0 Å². The highest BCUT2D eigenvalue weighted by Crippen LogP contribution is 2.21. The first-order chi connectivity index (χ1) is 9.85. The van der Waals surface area contributed by atoms with Crippen molar-refractivity contribution in [3.05, 3.63) is 29.8 Å². The van der Waals surface area contributed by atoms with Crippen molar-refractivity contribution in [3.63, 3.8) is 0 Å².